The highest BCUT2D eigenvalue weighted by atomic mass is 16.5. The fraction of sp³-hybridized carbons (Fsp3) is 0.286. The van der Waals surface area contributed by atoms with Crippen LogP contribution in [0.3, 0.4) is 0 Å². The highest BCUT2D eigenvalue weighted by Gasteiger charge is 2.07. The Labute approximate surface area is 111 Å². The molecule has 0 aromatic heterocycles. The van der Waals surface area contributed by atoms with Crippen LogP contribution in [-0.4, -0.2) is 30.2 Å². The standard InChI is InChI=1S/C14H17NO4/c1-3-19-14(18)8-10(2)11-6-4-5-7-12(11)15-9-13(16)17/h4-8,15H,3,9H2,1-2H3,(H,16,17)/b10-8+. The van der Waals surface area contributed by atoms with Gasteiger partial charge in [-0.3, -0.25) is 4.79 Å². The summed E-state index contributed by atoms with van der Waals surface area (Å²) in [5, 5.41) is 11.5. The van der Waals surface area contributed by atoms with Crippen LogP contribution in [-0.2, 0) is 14.3 Å². The van der Waals surface area contributed by atoms with E-state index in [4.69, 9.17) is 9.84 Å². The number of allylic oxidation sites excluding steroid dienone is 1. The minimum Gasteiger partial charge on any atom is -0.480 e. The first-order valence-corrected chi connectivity index (χ1v) is 5.94. The predicted octanol–water partition coefficient (Wildman–Crippen LogP) is 2.15. The molecule has 1 rings (SSSR count). The summed E-state index contributed by atoms with van der Waals surface area (Å²) in [5.74, 6) is -1.35. The van der Waals surface area contributed by atoms with Gasteiger partial charge in [-0.25, -0.2) is 4.79 Å². The fourth-order valence-corrected chi connectivity index (χ4v) is 1.59. The molecule has 0 spiro atoms. The Hall–Kier alpha value is -2.30. The Morgan fingerprint density at radius 2 is 2.05 bits per heavy atom. The lowest BCUT2D eigenvalue weighted by atomic mass is 10.0. The predicted molar refractivity (Wildman–Crippen MR) is 72.9 cm³/mol. The number of anilines is 1. The summed E-state index contributed by atoms with van der Waals surface area (Å²) in [4.78, 5) is 22.0. The second kappa shape index (κ2) is 7.20. The first-order valence-electron chi connectivity index (χ1n) is 5.94. The van der Waals surface area contributed by atoms with Gasteiger partial charge in [-0.1, -0.05) is 18.2 Å². The van der Waals surface area contributed by atoms with Gasteiger partial charge in [-0.2, -0.15) is 0 Å². The summed E-state index contributed by atoms with van der Waals surface area (Å²) in [7, 11) is 0. The van der Waals surface area contributed by atoms with E-state index in [0.717, 1.165) is 5.56 Å². The second-order valence-corrected chi connectivity index (χ2v) is 3.87. The largest absolute Gasteiger partial charge is 0.480 e. The molecular weight excluding hydrogens is 246 g/mol. The molecule has 0 aliphatic rings. The minimum absolute atomic E-state index is 0.177. The minimum atomic E-state index is -0.943. The van der Waals surface area contributed by atoms with Gasteiger partial charge in [0.05, 0.1) is 6.61 Å². The van der Waals surface area contributed by atoms with Crippen LogP contribution in [0.1, 0.15) is 19.4 Å². The van der Waals surface area contributed by atoms with Gasteiger partial charge in [0.25, 0.3) is 0 Å². The molecule has 0 aliphatic carbocycles. The molecule has 1 aromatic rings. The number of rotatable bonds is 6. The number of hydrogen-bond acceptors (Lipinski definition) is 4. The molecule has 0 saturated carbocycles. The normalized spacial score (nSPS) is 10.9. The Kier molecular flexibility index (Phi) is 5.60. The maximum absolute atomic E-state index is 11.4. The van der Waals surface area contributed by atoms with Crippen LogP contribution in [0.15, 0.2) is 30.3 Å². The van der Waals surface area contributed by atoms with E-state index in [-0.39, 0.29) is 6.54 Å². The van der Waals surface area contributed by atoms with Crippen molar-refractivity contribution >= 4 is 23.2 Å². The number of nitrogens with one attached hydrogen (secondary N) is 1. The van der Waals surface area contributed by atoms with E-state index >= 15 is 0 Å². The lowest BCUT2D eigenvalue weighted by Crippen LogP contribution is -2.13. The Morgan fingerprint density at radius 1 is 1.37 bits per heavy atom. The quantitative estimate of drug-likeness (QED) is 0.607. The number of benzene rings is 1. The topological polar surface area (TPSA) is 75.6 Å². The van der Waals surface area contributed by atoms with Crippen molar-refractivity contribution in [3.05, 3.63) is 35.9 Å². The van der Waals surface area contributed by atoms with E-state index in [9.17, 15) is 9.59 Å². The zero-order chi connectivity index (χ0) is 14.3. The third-order valence-electron chi connectivity index (χ3n) is 2.40. The Balaban J connectivity index is 2.92. The highest BCUT2D eigenvalue weighted by molar-refractivity contribution is 5.93. The molecule has 0 bridgehead atoms. The monoisotopic (exact) mass is 263 g/mol. The van der Waals surface area contributed by atoms with Crippen LogP contribution < -0.4 is 5.32 Å². The number of aliphatic carboxylic acids is 1. The van der Waals surface area contributed by atoms with E-state index in [2.05, 4.69) is 5.32 Å². The zero-order valence-electron chi connectivity index (χ0n) is 11.0. The molecule has 0 amide bonds. The van der Waals surface area contributed by atoms with Gasteiger partial charge in [0.2, 0.25) is 0 Å². The number of esters is 1. The van der Waals surface area contributed by atoms with Crippen LogP contribution in [0.25, 0.3) is 5.57 Å². The van der Waals surface area contributed by atoms with Crippen LogP contribution in [0, 0.1) is 0 Å². The van der Waals surface area contributed by atoms with Crippen LogP contribution in [0.5, 0.6) is 0 Å². The van der Waals surface area contributed by atoms with Gasteiger partial charge in [0.1, 0.15) is 6.54 Å². The molecule has 0 radical (unpaired) electrons. The molecule has 0 fully saturated rings. The summed E-state index contributed by atoms with van der Waals surface area (Å²) in [6, 6.07) is 7.20. The average molecular weight is 263 g/mol. The third-order valence-corrected chi connectivity index (χ3v) is 2.40. The molecule has 0 atom stereocenters. The average Bonchev–Trinajstić information content (AvgIpc) is 2.36. The first kappa shape index (κ1) is 14.8. The number of carboxylic acid groups (broad SMARTS) is 1. The SMILES string of the molecule is CCOC(=O)/C=C(\C)c1ccccc1NCC(=O)O. The maximum Gasteiger partial charge on any atom is 0.331 e. The van der Waals surface area contributed by atoms with Crippen molar-refractivity contribution in [2.24, 2.45) is 0 Å². The summed E-state index contributed by atoms with van der Waals surface area (Å²) < 4.78 is 4.84. The van der Waals surface area contributed by atoms with E-state index in [1.807, 2.05) is 12.1 Å². The molecule has 19 heavy (non-hydrogen) atoms. The van der Waals surface area contributed by atoms with Crippen molar-refractivity contribution in [3.8, 4) is 0 Å². The molecule has 0 unspecified atom stereocenters. The number of carbonyl (C=O) groups excluding carboxylic acids is 1. The molecule has 1 aromatic carbocycles. The van der Waals surface area contributed by atoms with Gasteiger partial charge in [-0.15, -0.1) is 0 Å². The van der Waals surface area contributed by atoms with Gasteiger partial charge >= 0.3 is 11.9 Å². The van der Waals surface area contributed by atoms with E-state index < -0.39 is 11.9 Å². The number of hydrogen-bond donors (Lipinski definition) is 2. The van der Waals surface area contributed by atoms with Gasteiger partial charge in [0.15, 0.2) is 0 Å². The lowest BCUT2D eigenvalue weighted by Gasteiger charge is -2.10. The van der Waals surface area contributed by atoms with E-state index in [1.165, 1.54) is 6.08 Å². The van der Waals surface area contributed by atoms with E-state index in [0.29, 0.717) is 17.9 Å². The van der Waals surface area contributed by atoms with E-state index in [1.54, 1.807) is 26.0 Å². The molecule has 5 heteroatoms. The first-order chi connectivity index (χ1) is 9.04. The maximum atomic E-state index is 11.4. The number of para-hydroxylation sites is 1. The highest BCUT2D eigenvalue weighted by Crippen LogP contribution is 2.23. The van der Waals surface area contributed by atoms with Crippen molar-refractivity contribution in [1.29, 1.82) is 0 Å². The van der Waals surface area contributed by atoms with Gasteiger partial charge in [0, 0.05) is 17.3 Å². The molecule has 102 valence electrons. The molecule has 0 saturated heterocycles. The van der Waals surface area contributed by atoms with Gasteiger partial charge < -0.3 is 15.2 Å². The molecular formula is C14H17NO4. The number of carboxylic acids is 1. The smallest absolute Gasteiger partial charge is 0.331 e. The van der Waals surface area contributed by atoms with Crippen LogP contribution >= 0.6 is 0 Å². The third kappa shape index (κ3) is 4.83. The zero-order valence-corrected chi connectivity index (χ0v) is 11.0. The van der Waals surface area contributed by atoms with Crippen LogP contribution in [0.4, 0.5) is 5.69 Å². The van der Waals surface area contributed by atoms with Crippen molar-refractivity contribution in [3.63, 3.8) is 0 Å². The Bertz CT molecular complexity index is 494. The van der Waals surface area contributed by atoms with Crippen molar-refractivity contribution < 1.29 is 19.4 Å². The number of carbonyl (C=O) groups is 2. The van der Waals surface area contributed by atoms with Crippen molar-refractivity contribution in [1.82, 2.24) is 0 Å². The molecule has 0 heterocycles. The van der Waals surface area contributed by atoms with Crippen LogP contribution in [0.2, 0.25) is 0 Å². The lowest BCUT2D eigenvalue weighted by molar-refractivity contribution is -0.137. The molecule has 5 nitrogen and oxygen atoms in total. The summed E-state index contributed by atoms with van der Waals surface area (Å²) in [5.41, 5.74) is 2.16. The van der Waals surface area contributed by atoms with Gasteiger partial charge in [-0.05, 0) is 25.5 Å². The Morgan fingerprint density at radius 3 is 2.68 bits per heavy atom. The fourth-order valence-electron chi connectivity index (χ4n) is 1.59. The van der Waals surface area contributed by atoms with Crippen molar-refractivity contribution in [2.75, 3.05) is 18.5 Å². The second-order valence-electron chi connectivity index (χ2n) is 3.87. The summed E-state index contributed by atoms with van der Waals surface area (Å²) in [6.07, 6.45) is 1.39. The molecule has 0 aliphatic heterocycles. The molecule has 2 N–H and O–H groups in total. The summed E-state index contributed by atoms with van der Waals surface area (Å²) >= 11 is 0. The summed E-state index contributed by atoms with van der Waals surface area (Å²) in [6.45, 7) is 3.66. The number of ether oxygens (including phenoxy) is 1. The van der Waals surface area contributed by atoms with Crippen molar-refractivity contribution in [2.45, 2.75) is 13.8 Å².